The van der Waals surface area contributed by atoms with Gasteiger partial charge in [-0.3, -0.25) is 9.59 Å². The van der Waals surface area contributed by atoms with E-state index in [1.807, 2.05) is 42.5 Å². The van der Waals surface area contributed by atoms with Crippen molar-refractivity contribution < 1.29 is 14.7 Å². The van der Waals surface area contributed by atoms with Crippen LogP contribution >= 0.6 is 11.8 Å². The highest BCUT2D eigenvalue weighted by atomic mass is 32.2. The molecule has 2 aromatic rings. The van der Waals surface area contributed by atoms with Gasteiger partial charge >= 0.3 is 5.97 Å². The third-order valence-corrected chi connectivity index (χ3v) is 4.16. The van der Waals surface area contributed by atoms with Gasteiger partial charge in [0.2, 0.25) is 0 Å². The number of hydrogen-bond donors (Lipinski definition) is 1. The fraction of sp³-hybridized carbons (Fsp3) is 0.250. The summed E-state index contributed by atoms with van der Waals surface area (Å²) in [6.07, 6.45) is 0.441. The smallest absolute Gasteiger partial charge is 0.307 e. The summed E-state index contributed by atoms with van der Waals surface area (Å²) in [5.41, 5.74) is 1.01. The highest BCUT2D eigenvalue weighted by Crippen LogP contribution is 2.23. The zero-order valence-corrected chi connectivity index (χ0v) is 12.0. The van der Waals surface area contributed by atoms with E-state index >= 15 is 0 Å². The summed E-state index contributed by atoms with van der Waals surface area (Å²) in [4.78, 5) is 22.3. The number of carboxylic acid groups (broad SMARTS) is 1. The van der Waals surface area contributed by atoms with Crippen LogP contribution in [-0.4, -0.2) is 21.9 Å². The number of benzene rings is 2. The molecule has 0 saturated carbocycles. The molecule has 0 bridgehead atoms. The van der Waals surface area contributed by atoms with Gasteiger partial charge in [-0.05, 0) is 22.8 Å². The van der Waals surface area contributed by atoms with E-state index in [-0.39, 0.29) is 5.12 Å². The average Bonchev–Trinajstić information content (AvgIpc) is 2.43. The van der Waals surface area contributed by atoms with Gasteiger partial charge in [-0.25, -0.2) is 0 Å². The topological polar surface area (TPSA) is 54.4 Å². The lowest BCUT2D eigenvalue weighted by atomic mass is 9.96. The molecule has 1 N–H and O–H groups in total. The van der Waals surface area contributed by atoms with Crippen molar-refractivity contribution in [2.45, 2.75) is 13.3 Å². The number of carbonyl (C=O) groups excluding carboxylic acids is 1. The maximum absolute atomic E-state index is 11.3. The van der Waals surface area contributed by atoms with Crippen LogP contribution in [0.5, 0.6) is 0 Å². The quantitative estimate of drug-likeness (QED) is 0.916. The first-order valence-electron chi connectivity index (χ1n) is 6.40. The Morgan fingerprint density at radius 2 is 1.85 bits per heavy atom. The molecular formula is C16H16O3S. The van der Waals surface area contributed by atoms with Gasteiger partial charge in [0.15, 0.2) is 5.12 Å². The zero-order chi connectivity index (χ0) is 14.5. The van der Waals surface area contributed by atoms with Crippen molar-refractivity contribution in [3.8, 4) is 0 Å². The maximum Gasteiger partial charge on any atom is 0.307 e. The molecule has 0 unspecified atom stereocenters. The van der Waals surface area contributed by atoms with Crippen LogP contribution in [0.4, 0.5) is 0 Å². The summed E-state index contributed by atoms with van der Waals surface area (Å²) in [5.74, 6) is -1.09. The van der Waals surface area contributed by atoms with Gasteiger partial charge < -0.3 is 5.11 Å². The Morgan fingerprint density at radius 1 is 1.15 bits per heavy atom. The number of hydrogen-bond acceptors (Lipinski definition) is 3. The molecule has 0 saturated heterocycles. The standard InChI is InChI=1S/C16H16O3S/c1-11(17)20-10-14(16(18)19)9-13-7-4-6-12-5-2-3-8-15(12)13/h2-8,14H,9-10H2,1H3,(H,18,19)/t14-/m1/s1. The van der Waals surface area contributed by atoms with Crippen LogP contribution < -0.4 is 0 Å². The first kappa shape index (κ1) is 14.6. The molecule has 2 rings (SSSR count). The molecule has 0 aliphatic rings. The van der Waals surface area contributed by atoms with Crippen molar-refractivity contribution in [2.24, 2.45) is 5.92 Å². The normalized spacial score (nSPS) is 12.2. The molecule has 0 fully saturated rings. The first-order chi connectivity index (χ1) is 9.58. The minimum atomic E-state index is -0.855. The van der Waals surface area contributed by atoms with E-state index in [1.54, 1.807) is 0 Å². The van der Waals surface area contributed by atoms with Crippen molar-refractivity contribution in [1.29, 1.82) is 0 Å². The molecule has 0 aliphatic heterocycles. The van der Waals surface area contributed by atoms with Crippen LogP contribution in [0.1, 0.15) is 12.5 Å². The predicted molar refractivity (Wildman–Crippen MR) is 81.9 cm³/mol. The lowest BCUT2D eigenvalue weighted by Gasteiger charge is -2.13. The van der Waals surface area contributed by atoms with Gasteiger partial charge in [-0.1, -0.05) is 54.2 Å². The van der Waals surface area contributed by atoms with Crippen LogP contribution in [0.3, 0.4) is 0 Å². The Hall–Kier alpha value is -1.81. The van der Waals surface area contributed by atoms with Crippen LogP contribution in [0.25, 0.3) is 10.8 Å². The fourth-order valence-electron chi connectivity index (χ4n) is 2.17. The molecule has 1 atom stereocenters. The molecule has 3 nitrogen and oxygen atoms in total. The summed E-state index contributed by atoms with van der Waals surface area (Å²) in [7, 11) is 0. The molecule has 0 radical (unpaired) electrons. The largest absolute Gasteiger partial charge is 0.481 e. The lowest BCUT2D eigenvalue weighted by Crippen LogP contribution is -2.19. The van der Waals surface area contributed by atoms with Gasteiger partial charge in [0.05, 0.1) is 5.92 Å². The van der Waals surface area contributed by atoms with Gasteiger partial charge in [0.1, 0.15) is 0 Å². The van der Waals surface area contributed by atoms with Crippen molar-refractivity contribution in [3.05, 3.63) is 48.0 Å². The summed E-state index contributed by atoms with van der Waals surface area (Å²) in [6, 6.07) is 13.8. The zero-order valence-electron chi connectivity index (χ0n) is 11.2. The molecule has 20 heavy (non-hydrogen) atoms. The van der Waals surface area contributed by atoms with E-state index in [0.29, 0.717) is 12.2 Å². The Bertz CT molecular complexity index is 631. The number of thioether (sulfide) groups is 1. The van der Waals surface area contributed by atoms with Crippen molar-refractivity contribution in [1.82, 2.24) is 0 Å². The Labute approximate surface area is 122 Å². The van der Waals surface area contributed by atoms with Crippen molar-refractivity contribution >= 4 is 33.6 Å². The summed E-state index contributed by atoms with van der Waals surface area (Å²) >= 11 is 1.07. The van der Waals surface area contributed by atoms with E-state index in [9.17, 15) is 14.7 Å². The summed E-state index contributed by atoms with van der Waals surface area (Å²) in [5, 5.41) is 11.4. The highest BCUT2D eigenvalue weighted by Gasteiger charge is 2.19. The number of rotatable bonds is 5. The molecular weight excluding hydrogens is 272 g/mol. The van der Waals surface area contributed by atoms with Crippen molar-refractivity contribution in [2.75, 3.05) is 5.75 Å². The average molecular weight is 288 g/mol. The number of fused-ring (bicyclic) bond motifs is 1. The molecule has 0 amide bonds. The van der Waals surface area contributed by atoms with Crippen LogP contribution in [-0.2, 0) is 16.0 Å². The second-order valence-electron chi connectivity index (χ2n) is 4.68. The maximum atomic E-state index is 11.3. The van der Waals surface area contributed by atoms with Gasteiger partial charge in [-0.2, -0.15) is 0 Å². The van der Waals surface area contributed by atoms with Crippen LogP contribution in [0.15, 0.2) is 42.5 Å². The second kappa shape index (κ2) is 6.57. The van der Waals surface area contributed by atoms with Crippen LogP contribution in [0, 0.1) is 5.92 Å². The first-order valence-corrected chi connectivity index (χ1v) is 7.39. The Balaban J connectivity index is 2.24. The van der Waals surface area contributed by atoms with Crippen LogP contribution in [0.2, 0.25) is 0 Å². The predicted octanol–water partition coefficient (Wildman–Crippen LogP) is 3.36. The van der Waals surface area contributed by atoms with Gasteiger partial charge in [0, 0.05) is 12.7 Å². The third-order valence-electron chi connectivity index (χ3n) is 3.18. The Kier molecular flexibility index (Phi) is 4.79. The number of carboxylic acids is 1. The Morgan fingerprint density at radius 3 is 2.55 bits per heavy atom. The van der Waals surface area contributed by atoms with E-state index < -0.39 is 11.9 Å². The van der Waals surface area contributed by atoms with E-state index in [4.69, 9.17) is 0 Å². The third kappa shape index (κ3) is 3.61. The summed E-state index contributed by atoms with van der Waals surface area (Å²) < 4.78 is 0. The molecule has 4 heteroatoms. The molecule has 104 valence electrons. The lowest BCUT2D eigenvalue weighted by molar-refractivity contribution is -0.140. The number of aliphatic carboxylic acids is 1. The molecule has 0 aromatic heterocycles. The second-order valence-corrected chi connectivity index (χ2v) is 5.88. The monoisotopic (exact) mass is 288 g/mol. The summed E-state index contributed by atoms with van der Waals surface area (Å²) in [6.45, 7) is 1.46. The molecule has 2 aromatic carbocycles. The highest BCUT2D eigenvalue weighted by molar-refractivity contribution is 8.13. The minimum absolute atomic E-state index is 0.0471. The van der Waals surface area contributed by atoms with E-state index in [1.165, 1.54) is 6.92 Å². The molecule has 0 spiro atoms. The number of carbonyl (C=O) groups is 2. The minimum Gasteiger partial charge on any atom is -0.481 e. The van der Waals surface area contributed by atoms with E-state index in [2.05, 4.69) is 0 Å². The van der Waals surface area contributed by atoms with Gasteiger partial charge in [0.25, 0.3) is 0 Å². The fourth-order valence-corrected chi connectivity index (χ4v) is 2.87. The molecule has 0 heterocycles. The van der Waals surface area contributed by atoms with E-state index in [0.717, 1.165) is 28.1 Å². The van der Waals surface area contributed by atoms with Crippen molar-refractivity contribution in [3.63, 3.8) is 0 Å². The SMILES string of the molecule is CC(=O)SC[C@@H](Cc1cccc2ccccc12)C(=O)O. The molecule has 0 aliphatic carbocycles. The van der Waals surface area contributed by atoms with Gasteiger partial charge in [-0.15, -0.1) is 0 Å².